The fourth-order valence-electron chi connectivity index (χ4n) is 1.59. The Labute approximate surface area is 127 Å². The second-order valence-electron chi connectivity index (χ2n) is 7.15. The molecule has 0 aromatic carbocycles. The molecule has 2 amide bonds. The molecule has 0 aromatic heterocycles. The van der Waals surface area contributed by atoms with E-state index in [1.54, 1.807) is 14.1 Å². The van der Waals surface area contributed by atoms with Gasteiger partial charge in [0, 0.05) is 14.1 Å². The highest BCUT2D eigenvalue weighted by Crippen LogP contribution is 2.38. The van der Waals surface area contributed by atoms with E-state index in [1.807, 2.05) is 13.1 Å². The van der Waals surface area contributed by atoms with Crippen molar-refractivity contribution in [3.05, 3.63) is 0 Å². The monoisotopic (exact) mass is 320 g/mol. The highest BCUT2D eigenvalue weighted by atomic mass is 28.4. The van der Waals surface area contributed by atoms with Crippen LogP contribution >= 0.6 is 0 Å². The summed E-state index contributed by atoms with van der Waals surface area (Å²) in [5.74, 6) is 0. The Hall–Kier alpha value is -0.673. The van der Waals surface area contributed by atoms with E-state index in [9.17, 15) is 15.0 Å². The number of hydroxylamine groups is 2. The van der Waals surface area contributed by atoms with Crippen LogP contribution in [0.3, 0.4) is 0 Å². The minimum Gasteiger partial charge on any atom is -0.389 e. The van der Waals surface area contributed by atoms with E-state index in [0.29, 0.717) is 0 Å². The zero-order chi connectivity index (χ0) is 16.6. The summed E-state index contributed by atoms with van der Waals surface area (Å²) >= 11 is 0. The third-order valence-electron chi connectivity index (χ3n) is 4.07. The van der Waals surface area contributed by atoms with Crippen LogP contribution in [0.15, 0.2) is 0 Å². The van der Waals surface area contributed by atoms with Gasteiger partial charge in [-0.1, -0.05) is 20.8 Å². The average molecular weight is 320 g/mol. The fourth-order valence-corrected chi connectivity index (χ4v) is 2.71. The molecular weight excluding hydrogens is 292 g/mol. The molecule has 1 heterocycles. The molecule has 1 saturated heterocycles. The number of aliphatic hydroxyl groups is 2. The van der Waals surface area contributed by atoms with E-state index in [4.69, 9.17) is 9.26 Å². The lowest BCUT2D eigenvalue weighted by atomic mass is 10.2. The Morgan fingerprint density at radius 3 is 2.29 bits per heavy atom. The number of rotatable bonds is 2. The average Bonchev–Trinajstić information content (AvgIpc) is 2.31. The van der Waals surface area contributed by atoms with Gasteiger partial charge in [0.1, 0.15) is 12.2 Å². The first-order valence-electron chi connectivity index (χ1n) is 7.06. The number of urea groups is 1. The predicted octanol–water partition coefficient (Wildman–Crippen LogP) is 0.985. The van der Waals surface area contributed by atoms with E-state index in [0.717, 1.165) is 5.06 Å². The molecule has 0 bridgehead atoms. The van der Waals surface area contributed by atoms with Crippen LogP contribution in [0.5, 0.6) is 0 Å². The maximum Gasteiger partial charge on any atom is 0.343 e. The number of β-amino-alcohol motifs (C(OH)–C–C–N with tert-alkyl or cyclic N) is 1. The molecule has 0 aliphatic carbocycles. The maximum absolute atomic E-state index is 11.9. The molecule has 1 aliphatic heterocycles. The van der Waals surface area contributed by atoms with Crippen molar-refractivity contribution in [3.63, 3.8) is 0 Å². The van der Waals surface area contributed by atoms with Gasteiger partial charge < -0.3 is 19.5 Å². The lowest BCUT2D eigenvalue weighted by Crippen LogP contribution is -2.60. The molecule has 0 unspecified atom stereocenters. The third kappa shape index (κ3) is 4.16. The van der Waals surface area contributed by atoms with Crippen molar-refractivity contribution in [3.8, 4) is 0 Å². The van der Waals surface area contributed by atoms with Crippen LogP contribution in [0.2, 0.25) is 18.1 Å². The number of hydrogen-bond acceptors (Lipinski definition) is 5. The van der Waals surface area contributed by atoms with Crippen molar-refractivity contribution in [2.45, 2.75) is 57.4 Å². The molecule has 0 aromatic rings. The first-order valence-corrected chi connectivity index (χ1v) is 9.97. The van der Waals surface area contributed by atoms with E-state index in [1.165, 1.54) is 4.90 Å². The summed E-state index contributed by atoms with van der Waals surface area (Å²) in [6.07, 6.45) is -3.32. The SMILES string of the molecule is CN(C)C(=O)N1C[C@H](O)[C@H](O)[C@@H](O[Si](C)(C)C(C)(C)C)O1. The second kappa shape index (κ2) is 6.21. The van der Waals surface area contributed by atoms with Gasteiger partial charge in [0.15, 0.2) is 8.32 Å². The smallest absolute Gasteiger partial charge is 0.343 e. The summed E-state index contributed by atoms with van der Waals surface area (Å²) in [5.41, 5.74) is 0. The summed E-state index contributed by atoms with van der Waals surface area (Å²) < 4.78 is 5.98. The summed E-state index contributed by atoms with van der Waals surface area (Å²) in [6.45, 7) is 10.1. The Bertz CT molecular complexity index is 383. The number of carbonyl (C=O) groups is 1. The summed E-state index contributed by atoms with van der Waals surface area (Å²) in [6, 6.07) is -0.398. The van der Waals surface area contributed by atoms with E-state index in [2.05, 4.69) is 20.8 Å². The summed E-state index contributed by atoms with van der Waals surface area (Å²) in [7, 11) is 0.977. The van der Waals surface area contributed by atoms with Crippen LogP contribution in [-0.2, 0) is 9.26 Å². The molecule has 2 N–H and O–H groups in total. The van der Waals surface area contributed by atoms with Crippen molar-refractivity contribution < 1.29 is 24.3 Å². The highest BCUT2D eigenvalue weighted by molar-refractivity contribution is 6.74. The van der Waals surface area contributed by atoms with Crippen LogP contribution in [-0.4, -0.2) is 73.7 Å². The Kier molecular flexibility index (Phi) is 5.44. The topological polar surface area (TPSA) is 82.5 Å². The van der Waals surface area contributed by atoms with Crippen LogP contribution in [0.4, 0.5) is 4.79 Å². The van der Waals surface area contributed by atoms with Gasteiger partial charge in [-0.3, -0.25) is 0 Å². The Morgan fingerprint density at radius 1 is 1.33 bits per heavy atom. The van der Waals surface area contributed by atoms with Crippen molar-refractivity contribution in [2.75, 3.05) is 20.6 Å². The molecular formula is C13H28N2O5Si. The predicted molar refractivity (Wildman–Crippen MR) is 81.0 cm³/mol. The fraction of sp³-hybridized carbons (Fsp3) is 0.923. The molecule has 7 nitrogen and oxygen atoms in total. The van der Waals surface area contributed by atoms with Crippen LogP contribution in [0, 0.1) is 0 Å². The third-order valence-corrected chi connectivity index (χ3v) is 8.50. The summed E-state index contributed by atoms with van der Waals surface area (Å²) in [5, 5.41) is 21.0. The van der Waals surface area contributed by atoms with Crippen molar-refractivity contribution in [1.29, 1.82) is 0 Å². The van der Waals surface area contributed by atoms with E-state index < -0.39 is 32.8 Å². The number of amides is 2. The Morgan fingerprint density at radius 2 is 1.86 bits per heavy atom. The van der Waals surface area contributed by atoms with Gasteiger partial charge in [0.05, 0.1) is 6.54 Å². The molecule has 0 saturated carbocycles. The van der Waals surface area contributed by atoms with Gasteiger partial charge in [0.25, 0.3) is 0 Å². The van der Waals surface area contributed by atoms with E-state index in [-0.39, 0.29) is 11.6 Å². The van der Waals surface area contributed by atoms with Gasteiger partial charge >= 0.3 is 6.03 Å². The highest BCUT2D eigenvalue weighted by Gasteiger charge is 2.46. The molecule has 3 atom stereocenters. The van der Waals surface area contributed by atoms with Crippen LogP contribution < -0.4 is 0 Å². The first-order chi connectivity index (χ1) is 9.36. The molecule has 8 heteroatoms. The van der Waals surface area contributed by atoms with Crippen molar-refractivity contribution in [2.24, 2.45) is 0 Å². The van der Waals surface area contributed by atoms with E-state index >= 15 is 0 Å². The van der Waals surface area contributed by atoms with Crippen LogP contribution in [0.25, 0.3) is 0 Å². The lowest BCUT2D eigenvalue weighted by Gasteiger charge is -2.44. The van der Waals surface area contributed by atoms with Gasteiger partial charge in [-0.25, -0.2) is 9.63 Å². The number of hydrogen-bond donors (Lipinski definition) is 2. The number of aliphatic hydroxyl groups excluding tert-OH is 2. The zero-order valence-electron chi connectivity index (χ0n) is 14.0. The minimum absolute atomic E-state index is 0.0745. The zero-order valence-corrected chi connectivity index (χ0v) is 15.0. The van der Waals surface area contributed by atoms with Gasteiger partial charge in [-0.15, -0.1) is 0 Å². The molecule has 1 fully saturated rings. The molecule has 1 rings (SSSR count). The first kappa shape index (κ1) is 18.4. The van der Waals surface area contributed by atoms with Crippen molar-refractivity contribution in [1.82, 2.24) is 9.96 Å². The standard InChI is InChI=1S/C13H28N2O5Si/c1-13(2,3)21(6,7)20-11-10(17)9(16)8-15(19-11)12(18)14(4)5/h9-11,16-17H,8H2,1-7H3/t9-,10-,11+/m0/s1. The molecule has 21 heavy (non-hydrogen) atoms. The van der Waals surface area contributed by atoms with Crippen molar-refractivity contribution >= 4 is 14.3 Å². The van der Waals surface area contributed by atoms with Gasteiger partial charge in [-0.05, 0) is 18.1 Å². The maximum atomic E-state index is 11.9. The largest absolute Gasteiger partial charge is 0.389 e. The van der Waals surface area contributed by atoms with Crippen LogP contribution in [0.1, 0.15) is 20.8 Å². The molecule has 124 valence electrons. The normalized spacial score (nSPS) is 27.7. The summed E-state index contributed by atoms with van der Waals surface area (Å²) in [4.78, 5) is 18.8. The second-order valence-corrected chi connectivity index (χ2v) is 11.9. The number of nitrogens with zero attached hydrogens (tertiary/aromatic N) is 2. The number of carbonyl (C=O) groups excluding carboxylic acids is 1. The quantitative estimate of drug-likeness (QED) is 0.741. The Balaban J connectivity index is 2.87. The van der Waals surface area contributed by atoms with Gasteiger partial charge in [-0.2, -0.15) is 5.06 Å². The minimum atomic E-state index is -2.20. The molecule has 0 spiro atoms. The van der Waals surface area contributed by atoms with Gasteiger partial charge in [0.2, 0.25) is 6.29 Å². The molecule has 0 radical (unpaired) electrons. The molecule has 1 aliphatic rings. The lowest BCUT2D eigenvalue weighted by molar-refractivity contribution is -0.312.